The molecule has 172 valence electrons. The first-order valence-corrected chi connectivity index (χ1v) is 11.3. The number of carbonyl (C=O) groups excluding carboxylic acids is 1. The summed E-state index contributed by atoms with van der Waals surface area (Å²) in [6.07, 6.45) is 1.40. The number of halogens is 1. The Balaban J connectivity index is 1.33. The van der Waals surface area contributed by atoms with Crippen molar-refractivity contribution in [3.8, 4) is 0 Å². The van der Waals surface area contributed by atoms with Gasteiger partial charge >= 0.3 is 6.03 Å². The zero-order valence-electron chi connectivity index (χ0n) is 18.8. The topological polar surface area (TPSA) is 85.4 Å². The third-order valence-electron chi connectivity index (χ3n) is 5.60. The Morgan fingerprint density at radius 3 is 2.45 bits per heavy atom. The fourth-order valence-corrected chi connectivity index (χ4v) is 3.92. The number of carbonyl (C=O) groups is 1. The molecule has 1 aliphatic heterocycles. The molecule has 8 nitrogen and oxygen atoms in total. The molecule has 33 heavy (non-hydrogen) atoms. The van der Waals surface area contributed by atoms with Crippen molar-refractivity contribution in [2.75, 3.05) is 49.2 Å². The average Bonchev–Trinajstić information content (AvgIpc) is 2.79. The number of hydrogen-bond donors (Lipinski definition) is 3. The number of aromatic nitrogens is 2. The van der Waals surface area contributed by atoms with Gasteiger partial charge in [-0.15, -0.1) is 0 Å². The quantitative estimate of drug-likeness (QED) is 0.494. The molecule has 1 fully saturated rings. The molecule has 1 aliphatic rings. The minimum Gasteiger partial charge on any atom is -0.340 e. The smallest absolute Gasteiger partial charge is 0.324 e. The van der Waals surface area contributed by atoms with Crippen LogP contribution < -0.4 is 16.0 Å². The second-order valence-corrected chi connectivity index (χ2v) is 8.61. The Labute approximate surface area is 199 Å². The summed E-state index contributed by atoms with van der Waals surface area (Å²) in [7, 11) is 2.16. The van der Waals surface area contributed by atoms with Gasteiger partial charge in [-0.05, 0) is 43.3 Å². The number of nitrogens with zero attached hydrogens (tertiary/aromatic N) is 4. The van der Waals surface area contributed by atoms with Crippen LogP contribution in [0.25, 0.3) is 0 Å². The van der Waals surface area contributed by atoms with E-state index in [4.69, 9.17) is 11.6 Å². The highest BCUT2D eigenvalue weighted by molar-refractivity contribution is 6.34. The Bertz CT molecular complexity index is 1080. The molecular weight excluding hydrogens is 438 g/mol. The lowest BCUT2D eigenvalue weighted by Crippen LogP contribution is -2.43. The van der Waals surface area contributed by atoms with Gasteiger partial charge in [-0.1, -0.05) is 35.9 Å². The van der Waals surface area contributed by atoms with Gasteiger partial charge in [0.25, 0.3) is 0 Å². The molecule has 0 bridgehead atoms. The standard InChI is InChI=1S/C24H28ClN7O/c1-17-4-3-5-20(25)23(17)30-24(33)29-22-14-21(26-16-27-22)28-19-8-6-18(7-9-19)15-32-12-10-31(2)11-13-32/h3-9,14,16H,10-13,15H2,1-2H3,(H3,26,27,28,29,30,33). The normalized spacial score (nSPS) is 14.6. The van der Waals surface area contributed by atoms with E-state index in [1.165, 1.54) is 11.9 Å². The second kappa shape index (κ2) is 10.6. The number of benzene rings is 2. The third-order valence-corrected chi connectivity index (χ3v) is 5.91. The van der Waals surface area contributed by atoms with Crippen LogP contribution in [-0.4, -0.2) is 59.0 Å². The first-order valence-electron chi connectivity index (χ1n) is 10.9. The summed E-state index contributed by atoms with van der Waals surface area (Å²) in [4.78, 5) is 25.6. The molecule has 2 heterocycles. The summed E-state index contributed by atoms with van der Waals surface area (Å²) >= 11 is 6.18. The van der Waals surface area contributed by atoms with Crippen molar-refractivity contribution in [2.24, 2.45) is 0 Å². The van der Waals surface area contributed by atoms with Gasteiger partial charge in [-0.25, -0.2) is 14.8 Å². The van der Waals surface area contributed by atoms with Crippen LogP contribution >= 0.6 is 11.6 Å². The van der Waals surface area contributed by atoms with Crippen molar-refractivity contribution in [1.82, 2.24) is 19.8 Å². The Morgan fingerprint density at radius 2 is 1.73 bits per heavy atom. The molecule has 1 aromatic heterocycles. The van der Waals surface area contributed by atoms with Gasteiger partial charge in [0.2, 0.25) is 0 Å². The van der Waals surface area contributed by atoms with E-state index in [1.807, 2.05) is 31.2 Å². The number of anilines is 4. The number of nitrogens with one attached hydrogen (secondary N) is 3. The van der Waals surface area contributed by atoms with Crippen LogP contribution in [0.4, 0.5) is 27.8 Å². The molecule has 0 saturated carbocycles. The van der Waals surface area contributed by atoms with Crippen molar-refractivity contribution < 1.29 is 4.79 Å². The highest BCUT2D eigenvalue weighted by Gasteiger charge is 2.14. The Kier molecular flexibility index (Phi) is 7.39. The maximum Gasteiger partial charge on any atom is 0.324 e. The highest BCUT2D eigenvalue weighted by atomic mass is 35.5. The van der Waals surface area contributed by atoms with Gasteiger partial charge in [-0.2, -0.15) is 0 Å². The van der Waals surface area contributed by atoms with Gasteiger partial charge in [0.1, 0.15) is 18.0 Å². The lowest BCUT2D eigenvalue weighted by atomic mass is 10.2. The predicted octanol–water partition coefficient (Wildman–Crippen LogP) is 4.57. The second-order valence-electron chi connectivity index (χ2n) is 8.20. The highest BCUT2D eigenvalue weighted by Crippen LogP contribution is 2.25. The van der Waals surface area contributed by atoms with Crippen LogP contribution in [0.5, 0.6) is 0 Å². The van der Waals surface area contributed by atoms with E-state index in [9.17, 15) is 4.79 Å². The monoisotopic (exact) mass is 465 g/mol. The minimum atomic E-state index is -0.427. The number of urea groups is 1. The number of likely N-dealkylation sites (N-methyl/N-ethyl adjacent to an activating group) is 1. The molecule has 2 aromatic carbocycles. The molecule has 0 spiro atoms. The van der Waals surface area contributed by atoms with E-state index in [0.717, 1.165) is 44.0 Å². The summed E-state index contributed by atoms with van der Waals surface area (Å²) < 4.78 is 0. The molecule has 3 N–H and O–H groups in total. The minimum absolute atomic E-state index is 0.376. The predicted molar refractivity (Wildman–Crippen MR) is 133 cm³/mol. The van der Waals surface area contributed by atoms with Crippen LogP contribution in [0.3, 0.4) is 0 Å². The zero-order valence-corrected chi connectivity index (χ0v) is 19.6. The lowest BCUT2D eigenvalue weighted by molar-refractivity contribution is 0.148. The van der Waals surface area contributed by atoms with Crippen LogP contribution in [0.2, 0.25) is 5.02 Å². The van der Waals surface area contributed by atoms with Gasteiger partial charge in [-0.3, -0.25) is 10.2 Å². The number of amides is 2. The van der Waals surface area contributed by atoms with Crippen molar-refractivity contribution in [2.45, 2.75) is 13.5 Å². The first kappa shape index (κ1) is 23.0. The summed E-state index contributed by atoms with van der Waals surface area (Å²) in [5.41, 5.74) is 3.64. The Hall–Kier alpha value is -3.20. The third kappa shape index (κ3) is 6.41. The molecule has 9 heteroatoms. The molecule has 0 radical (unpaired) electrons. The average molecular weight is 466 g/mol. The van der Waals surface area contributed by atoms with E-state index in [0.29, 0.717) is 22.3 Å². The molecule has 3 aromatic rings. The fourth-order valence-electron chi connectivity index (χ4n) is 3.65. The Morgan fingerprint density at radius 1 is 1.00 bits per heavy atom. The van der Waals surface area contributed by atoms with Gasteiger partial charge < -0.3 is 15.5 Å². The van der Waals surface area contributed by atoms with Gasteiger partial charge in [0.15, 0.2) is 0 Å². The van der Waals surface area contributed by atoms with E-state index < -0.39 is 6.03 Å². The van der Waals surface area contributed by atoms with E-state index >= 15 is 0 Å². The van der Waals surface area contributed by atoms with Crippen LogP contribution in [0.1, 0.15) is 11.1 Å². The number of hydrogen-bond acceptors (Lipinski definition) is 6. The first-order chi connectivity index (χ1) is 16.0. The zero-order chi connectivity index (χ0) is 23.2. The number of para-hydroxylation sites is 1. The van der Waals surface area contributed by atoms with Crippen molar-refractivity contribution in [3.05, 3.63) is 71.0 Å². The number of rotatable bonds is 6. The lowest BCUT2D eigenvalue weighted by Gasteiger charge is -2.32. The maximum absolute atomic E-state index is 12.4. The van der Waals surface area contributed by atoms with Crippen LogP contribution in [0.15, 0.2) is 54.9 Å². The van der Waals surface area contributed by atoms with Crippen LogP contribution in [-0.2, 0) is 6.54 Å². The van der Waals surface area contributed by atoms with E-state index in [-0.39, 0.29) is 0 Å². The summed E-state index contributed by atoms with van der Waals surface area (Å²) in [5.74, 6) is 0.961. The molecule has 0 aliphatic carbocycles. The van der Waals surface area contributed by atoms with Gasteiger partial charge in [0, 0.05) is 44.5 Å². The maximum atomic E-state index is 12.4. The number of piperazine rings is 1. The fraction of sp³-hybridized carbons (Fsp3) is 0.292. The van der Waals surface area contributed by atoms with Crippen molar-refractivity contribution in [1.29, 1.82) is 0 Å². The molecule has 2 amide bonds. The molecule has 4 rings (SSSR count). The van der Waals surface area contributed by atoms with E-state index in [2.05, 4.69) is 54.9 Å². The van der Waals surface area contributed by atoms with Gasteiger partial charge in [0.05, 0.1) is 10.7 Å². The molecule has 0 atom stereocenters. The summed E-state index contributed by atoms with van der Waals surface area (Å²) in [5, 5.41) is 9.22. The molecule has 1 saturated heterocycles. The van der Waals surface area contributed by atoms with Crippen LogP contribution in [0, 0.1) is 6.92 Å². The largest absolute Gasteiger partial charge is 0.340 e. The summed E-state index contributed by atoms with van der Waals surface area (Å²) in [6.45, 7) is 7.24. The molecular formula is C24H28ClN7O. The SMILES string of the molecule is Cc1cccc(Cl)c1NC(=O)Nc1cc(Nc2ccc(CN3CCN(C)CC3)cc2)ncn1. The number of aryl methyl sites for hydroxylation is 1. The van der Waals surface area contributed by atoms with Crippen molar-refractivity contribution in [3.63, 3.8) is 0 Å². The van der Waals surface area contributed by atoms with Crippen molar-refractivity contribution >= 4 is 40.6 Å². The summed E-state index contributed by atoms with van der Waals surface area (Å²) in [6, 6.07) is 15.0. The van der Waals surface area contributed by atoms with E-state index in [1.54, 1.807) is 12.1 Å². The molecule has 0 unspecified atom stereocenters.